The zero-order valence-electron chi connectivity index (χ0n) is 11.6. The van der Waals surface area contributed by atoms with Crippen LogP contribution < -0.4 is 5.32 Å². The topological polar surface area (TPSA) is 39.1 Å². The molecule has 1 heterocycles. The molecule has 0 aliphatic rings. The van der Waals surface area contributed by atoms with Gasteiger partial charge in [0.2, 0.25) is 0 Å². The summed E-state index contributed by atoms with van der Waals surface area (Å²) in [7, 11) is 1.70. The van der Waals surface area contributed by atoms with Crippen LogP contribution in [0.15, 0.2) is 36.7 Å². The van der Waals surface area contributed by atoms with Crippen LogP contribution >= 0.6 is 0 Å². The molecule has 0 unspecified atom stereocenters. The zero-order valence-corrected chi connectivity index (χ0v) is 11.6. The molecule has 0 saturated heterocycles. The van der Waals surface area contributed by atoms with Crippen molar-refractivity contribution < 1.29 is 4.74 Å². The lowest BCUT2D eigenvalue weighted by atomic mass is 10.1. The van der Waals surface area contributed by atoms with Crippen molar-refractivity contribution in [2.75, 3.05) is 19.0 Å². The summed E-state index contributed by atoms with van der Waals surface area (Å²) in [6.45, 7) is 4.45. The molecule has 0 fully saturated rings. The van der Waals surface area contributed by atoms with Crippen molar-refractivity contribution in [2.45, 2.75) is 26.4 Å². The van der Waals surface area contributed by atoms with Gasteiger partial charge in [0.05, 0.1) is 25.0 Å². The van der Waals surface area contributed by atoms with Gasteiger partial charge in [-0.15, -0.1) is 0 Å². The zero-order chi connectivity index (χ0) is 13.5. The maximum Gasteiger partial charge on any atom is 0.0729 e. The summed E-state index contributed by atoms with van der Waals surface area (Å²) in [5, 5.41) is 7.64. The highest BCUT2D eigenvalue weighted by atomic mass is 16.5. The molecule has 0 spiro atoms. The van der Waals surface area contributed by atoms with Crippen LogP contribution in [0.1, 0.15) is 18.1 Å². The molecule has 4 heteroatoms. The lowest BCUT2D eigenvalue weighted by Crippen LogP contribution is -2.04. The third-order valence-corrected chi connectivity index (χ3v) is 3.09. The molecule has 1 aromatic carbocycles. The molecule has 0 atom stereocenters. The summed E-state index contributed by atoms with van der Waals surface area (Å²) in [6, 6.07) is 8.69. The Hall–Kier alpha value is -1.81. The van der Waals surface area contributed by atoms with E-state index in [1.54, 1.807) is 7.11 Å². The van der Waals surface area contributed by atoms with E-state index >= 15 is 0 Å². The van der Waals surface area contributed by atoms with Crippen LogP contribution in [0.2, 0.25) is 0 Å². The van der Waals surface area contributed by atoms with E-state index in [2.05, 4.69) is 41.6 Å². The fraction of sp³-hybridized carbons (Fsp3) is 0.400. The highest BCUT2D eigenvalue weighted by molar-refractivity contribution is 5.39. The van der Waals surface area contributed by atoms with Gasteiger partial charge in [0.25, 0.3) is 0 Å². The van der Waals surface area contributed by atoms with Gasteiger partial charge in [-0.05, 0) is 17.5 Å². The van der Waals surface area contributed by atoms with Crippen LogP contribution in [-0.4, -0.2) is 23.5 Å². The van der Waals surface area contributed by atoms with E-state index in [1.165, 1.54) is 11.1 Å². The number of nitrogens with one attached hydrogen (secondary N) is 1. The van der Waals surface area contributed by atoms with E-state index in [-0.39, 0.29) is 0 Å². The van der Waals surface area contributed by atoms with E-state index in [0.29, 0.717) is 6.61 Å². The minimum atomic E-state index is 0.680. The number of anilines is 1. The Kier molecular flexibility index (Phi) is 4.98. The Balaban J connectivity index is 1.85. The molecule has 0 amide bonds. The first-order valence-corrected chi connectivity index (χ1v) is 6.65. The number of ether oxygens (including phenoxy) is 1. The van der Waals surface area contributed by atoms with Crippen LogP contribution in [0, 0.1) is 0 Å². The van der Waals surface area contributed by atoms with Gasteiger partial charge in [-0.3, -0.25) is 4.68 Å². The Morgan fingerprint density at radius 3 is 2.63 bits per heavy atom. The molecule has 2 rings (SSSR count). The van der Waals surface area contributed by atoms with Gasteiger partial charge in [0.1, 0.15) is 0 Å². The standard InChI is InChI=1S/C15H21N3O/c1-3-13-4-6-14(7-5-13)10-16-15-11-17-18(12-15)8-9-19-2/h4-7,11-12,16H,3,8-10H2,1-2H3. The fourth-order valence-electron chi connectivity index (χ4n) is 1.86. The highest BCUT2D eigenvalue weighted by Gasteiger charge is 1.99. The van der Waals surface area contributed by atoms with Gasteiger partial charge in [-0.1, -0.05) is 31.2 Å². The molecule has 4 nitrogen and oxygen atoms in total. The largest absolute Gasteiger partial charge is 0.383 e. The van der Waals surface area contributed by atoms with E-state index in [1.807, 2.05) is 17.1 Å². The van der Waals surface area contributed by atoms with Crippen molar-refractivity contribution in [3.8, 4) is 0 Å². The molecule has 102 valence electrons. The van der Waals surface area contributed by atoms with Crippen molar-refractivity contribution in [2.24, 2.45) is 0 Å². The molecule has 1 aromatic heterocycles. The summed E-state index contributed by atoms with van der Waals surface area (Å²) < 4.78 is 6.91. The van der Waals surface area contributed by atoms with Crippen molar-refractivity contribution in [3.63, 3.8) is 0 Å². The van der Waals surface area contributed by atoms with Crippen molar-refractivity contribution >= 4 is 5.69 Å². The molecule has 0 saturated carbocycles. The second-order valence-electron chi connectivity index (χ2n) is 4.51. The van der Waals surface area contributed by atoms with Gasteiger partial charge in [-0.2, -0.15) is 5.10 Å². The Morgan fingerprint density at radius 1 is 1.21 bits per heavy atom. The van der Waals surface area contributed by atoms with E-state index in [4.69, 9.17) is 4.74 Å². The van der Waals surface area contributed by atoms with Gasteiger partial charge in [0, 0.05) is 19.9 Å². The predicted octanol–water partition coefficient (Wildman–Crippen LogP) is 2.70. The second kappa shape index (κ2) is 6.95. The maximum atomic E-state index is 5.02. The molecule has 1 N–H and O–H groups in total. The smallest absolute Gasteiger partial charge is 0.0729 e. The summed E-state index contributed by atoms with van der Waals surface area (Å²) in [4.78, 5) is 0. The molecule has 0 aliphatic heterocycles. The first-order valence-electron chi connectivity index (χ1n) is 6.65. The first-order chi connectivity index (χ1) is 9.31. The SMILES string of the molecule is CCc1ccc(CNc2cnn(CCOC)c2)cc1. The van der Waals surface area contributed by atoms with Crippen molar-refractivity contribution in [3.05, 3.63) is 47.8 Å². The lowest BCUT2D eigenvalue weighted by molar-refractivity contribution is 0.183. The third kappa shape index (κ3) is 4.10. The van der Waals surface area contributed by atoms with E-state index < -0.39 is 0 Å². The molecule has 0 aliphatic carbocycles. The molecular formula is C15H21N3O. The monoisotopic (exact) mass is 259 g/mol. The van der Waals surface area contributed by atoms with Crippen molar-refractivity contribution in [1.29, 1.82) is 0 Å². The number of benzene rings is 1. The Labute approximate surface area is 114 Å². The van der Waals surface area contributed by atoms with Crippen LogP contribution in [0.4, 0.5) is 5.69 Å². The van der Waals surface area contributed by atoms with Crippen LogP contribution in [0.25, 0.3) is 0 Å². The molecule has 19 heavy (non-hydrogen) atoms. The number of hydrogen-bond donors (Lipinski definition) is 1. The number of nitrogens with zero attached hydrogens (tertiary/aromatic N) is 2. The average molecular weight is 259 g/mol. The number of methoxy groups -OCH3 is 1. The number of aromatic nitrogens is 2. The van der Waals surface area contributed by atoms with Gasteiger partial charge >= 0.3 is 0 Å². The highest BCUT2D eigenvalue weighted by Crippen LogP contribution is 2.09. The molecule has 0 radical (unpaired) electrons. The number of rotatable bonds is 7. The number of hydrogen-bond acceptors (Lipinski definition) is 3. The molecule has 2 aromatic rings. The first kappa shape index (κ1) is 13.6. The van der Waals surface area contributed by atoms with Crippen LogP contribution in [0.5, 0.6) is 0 Å². The summed E-state index contributed by atoms with van der Waals surface area (Å²) in [5.41, 5.74) is 3.69. The summed E-state index contributed by atoms with van der Waals surface area (Å²) >= 11 is 0. The summed E-state index contributed by atoms with van der Waals surface area (Å²) in [5.74, 6) is 0. The third-order valence-electron chi connectivity index (χ3n) is 3.09. The Morgan fingerprint density at radius 2 is 1.95 bits per heavy atom. The molecular weight excluding hydrogens is 238 g/mol. The number of aryl methyl sites for hydroxylation is 1. The normalized spacial score (nSPS) is 10.6. The quantitative estimate of drug-likeness (QED) is 0.831. The molecule has 0 bridgehead atoms. The maximum absolute atomic E-state index is 5.02. The summed E-state index contributed by atoms with van der Waals surface area (Å²) in [6.07, 6.45) is 4.93. The minimum Gasteiger partial charge on any atom is -0.383 e. The van der Waals surface area contributed by atoms with Crippen LogP contribution in [-0.2, 0) is 24.2 Å². The predicted molar refractivity (Wildman–Crippen MR) is 77.2 cm³/mol. The van der Waals surface area contributed by atoms with E-state index in [0.717, 1.165) is 25.2 Å². The fourth-order valence-corrected chi connectivity index (χ4v) is 1.86. The van der Waals surface area contributed by atoms with Gasteiger partial charge in [0.15, 0.2) is 0 Å². The minimum absolute atomic E-state index is 0.680. The van der Waals surface area contributed by atoms with Gasteiger partial charge < -0.3 is 10.1 Å². The van der Waals surface area contributed by atoms with Gasteiger partial charge in [-0.25, -0.2) is 0 Å². The second-order valence-corrected chi connectivity index (χ2v) is 4.51. The average Bonchev–Trinajstić information content (AvgIpc) is 2.91. The Bertz CT molecular complexity index is 490. The van der Waals surface area contributed by atoms with E-state index in [9.17, 15) is 0 Å². The van der Waals surface area contributed by atoms with Crippen molar-refractivity contribution in [1.82, 2.24) is 9.78 Å². The van der Waals surface area contributed by atoms with Crippen LogP contribution in [0.3, 0.4) is 0 Å². The lowest BCUT2D eigenvalue weighted by Gasteiger charge is -2.04.